The number of amides is 2. The van der Waals surface area contributed by atoms with Crippen LogP contribution in [-0.4, -0.2) is 38.5 Å². The SMILES string of the molecule is NC(=O)c1cc2c(s1)-c1ccccc1N(S(=O)(=O)c1ccc(C(=O)NCCO)cc1)C2. The summed E-state index contributed by atoms with van der Waals surface area (Å²) in [5, 5.41) is 11.3. The van der Waals surface area contributed by atoms with Gasteiger partial charge in [0, 0.05) is 22.5 Å². The van der Waals surface area contributed by atoms with Crippen LogP contribution in [0.15, 0.2) is 59.5 Å². The van der Waals surface area contributed by atoms with E-state index in [-0.39, 0.29) is 30.2 Å². The average molecular weight is 458 g/mol. The van der Waals surface area contributed by atoms with E-state index in [1.165, 1.54) is 39.9 Å². The Balaban J connectivity index is 1.71. The Bertz CT molecular complexity index is 1270. The number of aliphatic hydroxyl groups is 1. The summed E-state index contributed by atoms with van der Waals surface area (Å²) in [5.41, 5.74) is 7.64. The summed E-state index contributed by atoms with van der Waals surface area (Å²) in [4.78, 5) is 24.9. The number of nitrogens with one attached hydrogen (secondary N) is 1. The minimum atomic E-state index is -3.94. The van der Waals surface area contributed by atoms with E-state index < -0.39 is 21.8 Å². The molecule has 0 atom stereocenters. The third-order valence-electron chi connectivity index (χ3n) is 4.89. The van der Waals surface area contributed by atoms with Gasteiger partial charge in [-0.2, -0.15) is 0 Å². The maximum Gasteiger partial charge on any atom is 0.264 e. The van der Waals surface area contributed by atoms with Gasteiger partial charge >= 0.3 is 0 Å². The van der Waals surface area contributed by atoms with E-state index in [2.05, 4.69) is 5.32 Å². The Morgan fingerprint density at radius 1 is 1.13 bits per heavy atom. The second-order valence-corrected chi connectivity index (χ2v) is 9.78. The van der Waals surface area contributed by atoms with E-state index in [1.807, 2.05) is 12.1 Å². The van der Waals surface area contributed by atoms with Gasteiger partial charge in [0.05, 0.1) is 28.6 Å². The molecule has 1 aliphatic heterocycles. The number of carbonyl (C=O) groups is 2. The van der Waals surface area contributed by atoms with Gasteiger partial charge < -0.3 is 16.2 Å². The Kier molecular flexibility index (Phi) is 5.52. The highest BCUT2D eigenvalue weighted by Gasteiger charge is 2.33. The van der Waals surface area contributed by atoms with Crippen LogP contribution in [0.1, 0.15) is 25.6 Å². The first kappa shape index (κ1) is 21.0. The van der Waals surface area contributed by atoms with E-state index in [9.17, 15) is 18.0 Å². The number of hydrogen-bond donors (Lipinski definition) is 3. The van der Waals surface area contributed by atoms with Crippen LogP contribution in [-0.2, 0) is 16.6 Å². The van der Waals surface area contributed by atoms with Crippen molar-refractivity contribution in [3.63, 3.8) is 0 Å². The first-order valence-electron chi connectivity index (χ1n) is 9.36. The normalized spacial score (nSPS) is 12.7. The first-order chi connectivity index (χ1) is 14.8. The number of anilines is 1. The average Bonchev–Trinajstić information content (AvgIpc) is 3.22. The summed E-state index contributed by atoms with van der Waals surface area (Å²) in [7, 11) is -3.94. The van der Waals surface area contributed by atoms with Gasteiger partial charge in [-0.3, -0.25) is 13.9 Å². The molecule has 2 amide bonds. The van der Waals surface area contributed by atoms with Crippen molar-refractivity contribution in [2.24, 2.45) is 5.73 Å². The lowest BCUT2D eigenvalue weighted by Gasteiger charge is -2.30. The number of hydrogen-bond acceptors (Lipinski definition) is 6. The maximum absolute atomic E-state index is 13.5. The predicted octanol–water partition coefficient (Wildman–Crippen LogP) is 1.95. The number of aliphatic hydroxyl groups excluding tert-OH is 1. The minimum Gasteiger partial charge on any atom is -0.395 e. The minimum absolute atomic E-state index is 0.0369. The van der Waals surface area contributed by atoms with Gasteiger partial charge in [-0.05, 0) is 42.0 Å². The summed E-state index contributed by atoms with van der Waals surface area (Å²) in [6, 6.07) is 14.3. The van der Waals surface area contributed by atoms with Crippen molar-refractivity contribution in [1.82, 2.24) is 5.32 Å². The summed E-state index contributed by atoms with van der Waals surface area (Å²) < 4.78 is 28.2. The lowest BCUT2D eigenvalue weighted by Crippen LogP contribution is -2.33. The number of nitrogens with two attached hydrogens (primary N) is 1. The molecule has 4 N–H and O–H groups in total. The Morgan fingerprint density at radius 2 is 1.84 bits per heavy atom. The number of thiophene rings is 1. The molecule has 1 aliphatic rings. The molecule has 0 spiro atoms. The Morgan fingerprint density at radius 3 is 2.52 bits per heavy atom. The lowest BCUT2D eigenvalue weighted by atomic mass is 10.0. The molecular weight excluding hydrogens is 438 g/mol. The van der Waals surface area contributed by atoms with Gasteiger partial charge in [0.1, 0.15) is 0 Å². The predicted molar refractivity (Wildman–Crippen MR) is 118 cm³/mol. The van der Waals surface area contributed by atoms with Crippen LogP contribution in [0.4, 0.5) is 5.69 Å². The fourth-order valence-corrected chi connectivity index (χ4v) is 5.93. The highest BCUT2D eigenvalue weighted by atomic mass is 32.2. The molecule has 2 aromatic carbocycles. The number of nitrogens with zero attached hydrogens (tertiary/aromatic N) is 1. The lowest BCUT2D eigenvalue weighted by molar-refractivity contribution is 0.0943. The van der Waals surface area contributed by atoms with Gasteiger partial charge in [-0.15, -0.1) is 11.3 Å². The number of para-hydroxylation sites is 1. The number of carbonyl (C=O) groups excluding carboxylic acids is 2. The number of fused-ring (bicyclic) bond motifs is 3. The van der Waals surface area contributed by atoms with Crippen LogP contribution < -0.4 is 15.4 Å². The Hall–Kier alpha value is -3.21. The van der Waals surface area contributed by atoms with Crippen molar-refractivity contribution in [3.05, 3.63) is 70.6 Å². The molecular formula is C21H19N3O5S2. The maximum atomic E-state index is 13.5. The third kappa shape index (κ3) is 3.80. The fourth-order valence-electron chi connectivity index (χ4n) is 3.41. The fraction of sp³-hybridized carbons (Fsp3) is 0.143. The largest absolute Gasteiger partial charge is 0.395 e. The summed E-state index contributed by atoms with van der Waals surface area (Å²) >= 11 is 1.25. The highest BCUT2D eigenvalue weighted by Crippen LogP contribution is 2.45. The molecule has 31 heavy (non-hydrogen) atoms. The van der Waals surface area contributed by atoms with Crippen LogP contribution in [0.2, 0.25) is 0 Å². The second kappa shape index (κ2) is 8.14. The molecule has 0 saturated carbocycles. The molecule has 0 fully saturated rings. The van der Waals surface area contributed by atoms with Crippen LogP contribution in [0.3, 0.4) is 0 Å². The molecule has 3 aromatic rings. The van der Waals surface area contributed by atoms with Gasteiger partial charge in [0.25, 0.3) is 21.8 Å². The third-order valence-corrected chi connectivity index (χ3v) is 7.88. The highest BCUT2D eigenvalue weighted by molar-refractivity contribution is 7.92. The molecule has 0 unspecified atom stereocenters. The quantitative estimate of drug-likeness (QED) is 0.521. The molecule has 2 heterocycles. The monoisotopic (exact) mass is 457 g/mol. The molecule has 10 heteroatoms. The van der Waals surface area contributed by atoms with Crippen molar-refractivity contribution in [2.45, 2.75) is 11.4 Å². The van der Waals surface area contributed by atoms with E-state index >= 15 is 0 Å². The van der Waals surface area contributed by atoms with Crippen molar-refractivity contribution >= 4 is 38.9 Å². The number of benzene rings is 2. The smallest absolute Gasteiger partial charge is 0.264 e. The number of primary amides is 1. The van der Waals surface area contributed by atoms with Crippen molar-refractivity contribution < 1.29 is 23.1 Å². The zero-order chi connectivity index (χ0) is 22.2. The zero-order valence-electron chi connectivity index (χ0n) is 16.2. The standard InChI is InChI=1S/C21H19N3O5S2/c22-20(26)18-11-14-12-24(17-4-2-1-3-16(17)19(14)30-18)31(28,29)15-7-5-13(6-8-15)21(27)23-9-10-25/h1-8,11,25H,9-10,12H2,(H2,22,26)(H,23,27). The van der Waals surface area contributed by atoms with Crippen LogP contribution in [0.5, 0.6) is 0 Å². The topological polar surface area (TPSA) is 130 Å². The van der Waals surface area contributed by atoms with E-state index in [0.29, 0.717) is 21.7 Å². The molecule has 4 rings (SSSR count). The molecule has 0 saturated heterocycles. The molecule has 0 aliphatic carbocycles. The van der Waals surface area contributed by atoms with E-state index in [1.54, 1.807) is 18.2 Å². The van der Waals surface area contributed by atoms with Crippen molar-refractivity contribution in [2.75, 3.05) is 17.5 Å². The first-order valence-corrected chi connectivity index (χ1v) is 11.6. The van der Waals surface area contributed by atoms with Crippen LogP contribution >= 0.6 is 11.3 Å². The number of rotatable bonds is 6. The van der Waals surface area contributed by atoms with E-state index in [4.69, 9.17) is 10.8 Å². The van der Waals surface area contributed by atoms with Crippen LogP contribution in [0, 0.1) is 0 Å². The molecule has 160 valence electrons. The van der Waals surface area contributed by atoms with Crippen LogP contribution in [0.25, 0.3) is 10.4 Å². The Labute approximate surface area is 183 Å². The van der Waals surface area contributed by atoms with E-state index in [0.717, 1.165) is 4.88 Å². The molecule has 0 bridgehead atoms. The second-order valence-electron chi connectivity index (χ2n) is 6.86. The summed E-state index contributed by atoms with van der Waals surface area (Å²) in [6.07, 6.45) is 0. The summed E-state index contributed by atoms with van der Waals surface area (Å²) in [5.74, 6) is -0.954. The van der Waals surface area contributed by atoms with Gasteiger partial charge in [0.15, 0.2) is 0 Å². The van der Waals surface area contributed by atoms with Gasteiger partial charge in [-0.1, -0.05) is 18.2 Å². The molecule has 0 radical (unpaired) electrons. The molecule has 1 aromatic heterocycles. The number of sulfonamides is 1. The summed E-state index contributed by atoms with van der Waals surface area (Å²) in [6.45, 7) is -0.00841. The van der Waals surface area contributed by atoms with Gasteiger partial charge in [0.2, 0.25) is 0 Å². The molecule has 8 nitrogen and oxygen atoms in total. The van der Waals surface area contributed by atoms with Crippen molar-refractivity contribution in [3.8, 4) is 10.4 Å². The zero-order valence-corrected chi connectivity index (χ0v) is 17.9. The van der Waals surface area contributed by atoms with Gasteiger partial charge in [-0.25, -0.2) is 8.42 Å². The van der Waals surface area contributed by atoms with Crippen molar-refractivity contribution in [1.29, 1.82) is 0 Å².